The number of carboxylic acids is 1. The molecule has 0 heterocycles. The van der Waals surface area contributed by atoms with E-state index in [9.17, 15) is 9.59 Å². The Labute approximate surface area is 112 Å². The molecular weight excluding hydrogens is 246 g/mol. The van der Waals surface area contributed by atoms with Gasteiger partial charge in [-0.2, -0.15) is 0 Å². The van der Waals surface area contributed by atoms with E-state index in [1.54, 1.807) is 0 Å². The first-order valence-corrected chi connectivity index (χ1v) is 5.92. The van der Waals surface area contributed by atoms with E-state index in [1.165, 1.54) is 6.92 Å². The molecule has 0 aliphatic carbocycles. The highest BCUT2D eigenvalue weighted by molar-refractivity contribution is 5.83. The predicted molar refractivity (Wildman–Crippen MR) is 74.5 cm³/mol. The number of hydrogen-bond donors (Lipinski definition) is 3. The van der Waals surface area contributed by atoms with E-state index >= 15 is 0 Å². The van der Waals surface area contributed by atoms with Crippen molar-refractivity contribution in [2.75, 3.05) is 30.9 Å². The van der Waals surface area contributed by atoms with Crippen LogP contribution in [0.3, 0.4) is 0 Å². The summed E-state index contributed by atoms with van der Waals surface area (Å²) in [5.41, 5.74) is 1.78. The van der Waals surface area contributed by atoms with Crippen molar-refractivity contribution in [2.45, 2.75) is 13.0 Å². The number of para-hydroxylation sites is 2. The Kier molecular flexibility index (Phi) is 5.17. The maximum atomic E-state index is 11.0. The molecule has 0 bridgehead atoms. The summed E-state index contributed by atoms with van der Waals surface area (Å²) in [6.07, 6.45) is 0. The summed E-state index contributed by atoms with van der Waals surface area (Å²) in [4.78, 5) is 23.9. The van der Waals surface area contributed by atoms with Gasteiger partial charge < -0.3 is 20.6 Å². The third kappa shape index (κ3) is 4.50. The smallest absolute Gasteiger partial charge is 0.328 e. The highest BCUT2D eigenvalue weighted by Gasteiger charge is 2.18. The molecule has 1 aromatic rings. The summed E-state index contributed by atoms with van der Waals surface area (Å²) in [6, 6.07) is 6.61. The molecule has 1 atom stereocenters. The standard InChI is InChI=1S/C13H19N3O3/c1-9(17)15-11(13(18)19)8-14-10-6-4-5-7-12(10)16(2)3/h4-7,11,14H,8H2,1-3H3,(H,15,17)(H,18,19). The molecule has 0 saturated heterocycles. The van der Waals surface area contributed by atoms with E-state index in [4.69, 9.17) is 5.11 Å². The molecule has 0 saturated carbocycles. The van der Waals surface area contributed by atoms with Crippen molar-refractivity contribution in [1.29, 1.82) is 0 Å². The maximum absolute atomic E-state index is 11.0. The van der Waals surface area contributed by atoms with E-state index in [0.29, 0.717) is 0 Å². The molecule has 0 aliphatic heterocycles. The quantitative estimate of drug-likeness (QED) is 0.707. The van der Waals surface area contributed by atoms with Crippen LogP contribution in [-0.4, -0.2) is 43.7 Å². The predicted octanol–water partition coefficient (Wildman–Crippen LogP) is 0.754. The minimum atomic E-state index is -1.06. The van der Waals surface area contributed by atoms with Crippen LogP contribution in [0.25, 0.3) is 0 Å². The Bertz CT molecular complexity index is 460. The Morgan fingerprint density at radius 2 is 1.95 bits per heavy atom. The summed E-state index contributed by atoms with van der Waals surface area (Å²) >= 11 is 0. The van der Waals surface area contributed by atoms with Crippen molar-refractivity contribution < 1.29 is 14.7 Å². The molecule has 3 N–H and O–H groups in total. The van der Waals surface area contributed by atoms with Gasteiger partial charge in [0.25, 0.3) is 0 Å². The van der Waals surface area contributed by atoms with E-state index in [-0.39, 0.29) is 12.5 Å². The molecular formula is C13H19N3O3. The van der Waals surface area contributed by atoms with Crippen molar-refractivity contribution in [3.63, 3.8) is 0 Å². The molecule has 0 spiro atoms. The maximum Gasteiger partial charge on any atom is 0.328 e. The van der Waals surface area contributed by atoms with Crippen LogP contribution in [0.2, 0.25) is 0 Å². The lowest BCUT2D eigenvalue weighted by Crippen LogP contribution is -2.44. The fraction of sp³-hybridized carbons (Fsp3) is 0.385. The molecule has 6 heteroatoms. The Morgan fingerprint density at radius 3 is 2.47 bits per heavy atom. The molecule has 104 valence electrons. The van der Waals surface area contributed by atoms with E-state index in [2.05, 4.69) is 10.6 Å². The minimum absolute atomic E-state index is 0.125. The van der Waals surface area contributed by atoms with Gasteiger partial charge in [0.15, 0.2) is 0 Å². The van der Waals surface area contributed by atoms with Gasteiger partial charge in [0.05, 0.1) is 11.4 Å². The van der Waals surface area contributed by atoms with Gasteiger partial charge in [-0.15, -0.1) is 0 Å². The number of benzene rings is 1. The van der Waals surface area contributed by atoms with Gasteiger partial charge in [-0.05, 0) is 12.1 Å². The number of carbonyl (C=O) groups is 2. The molecule has 0 aliphatic rings. The van der Waals surface area contributed by atoms with Crippen LogP contribution in [-0.2, 0) is 9.59 Å². The highest BCUT2D eigenvalue weighted by atomic mass is 16.4. The zero-order valence-corrected chi connectivity index (χ0v) is 11.3. The molecule has 19 heavy (non-hydrogen) atoms. The average Bonchev–Trinajstić information content (AvgIpc) is 2.34. The first-order chi connectivity index (χ1) is 8.91. The molecule has 1 aromatic carbocycles. The van der Waals surface area contributed by atoms with Crippen LogP contribution < -0.4 is 15.5 Å². The van der Waals surface area contributed by atoms with Gasteiger partial charge in [0.2, 0.25) is 5.91 Å². The summed E-state index contributed by atoms with van der Waals surface area (Å²) in [7, 11) is 3.81. The normalized spacial score (nSPS) is 11.5. The van der Waals surface area contributed by atoms with Gasteiger partial charge in [0.1, 0.15) is 6.04 Å². The summed E-state index contributed by atoms with van der Waals surface area (Å²) < 4.78 is 0. The topological polar surface area (TPSA) is 81.7 Å². The second kappa shape index (κ2) is 6.63. The summed E-state index contributed by atoms with van der Waals surface area (Å²) in [5, 5.41) is 14.4. The number of nitrogens with one attached hydrogen (secondary N) is 2. The Balaban J connectivity index is 2.74. The van der Waals surface area contributed by atoms with Crippen LogP contribution in [0, 0.1) is 0 Å². The van der Waals surface area contributed by atoms with Crippen LogP contribution >= 0.6 is 0 Å². The number of hydrogen-bond acceptors (Lipinski definition) is 4. The number of carbonyl (C=O) groups excluding carboxylic acids is 1. The number of amides is 1. The summed E-state index contributed by atoms with van der Waals surface area (Å²) in [5.74, 6) is -1.43. The number of aliphatic carboxylic acids is 1. The molecule has 1 rings (SSSR count). The largest absolute Gasteiger partial charge is 0.480 e. The number of nitrogens with zero attached hydrogens (tertiary/aromatic N) is 1. The monoisotopic (exact) mass is 265 g/mol. The van der Waals surface area contributed by atoms with Crippen molar-refractivity contribution in [3.05, 3.63) is 24.3 Å². The second-order valence-corrected chi connectivity index (χ2v) is 4.38. The SMILES string of the molecule is CC(=O)NC(CNc1ccccc1N(C)C)C(=O)O. The Hall–Kier alpha value is -2.24. The lowest BCUT2D eigenvalue weighted by Gasteiger charge is -2.20. The Morgan fingerprint density at radius 1 is 1.32 bits per heavy atom. The molecule has 1 unspecified atom stereocenters. The minimum Gasteiger partial charge on any atom is -0.480 e. The fourth-order valence-corrected chi connectivity index (χ4v) is 1.67. The second-order valence-electron chi connectivity index (χ2n) is 4.38. The fourth-order valence-electron chi connectivity index (χ4n) is 1.67. The number of carboxylic acid groups (broad SMARTS) is 1. The van der Waals surface area contributed by atoms with Crippen LogP contribution in [0.5, 0.6) is 0 Å². The van der Waals surface area contributed by atoms with Gasteiger partial charge in [-0.1, -0.05) is 12.1 Å². The van der Waals surface area contributed by atoms with Crippen molar-refractivity contribution in [1.82, 2.24) is 5.32 Å². The van der Waals surface area contributed by atoms with E-state index < -0.39 is 12.0 Å². The van der Waals surface area contributed by atoms with Crippen molar-refractivity contribution in [3.8, 4) is 0 Å². The van der Waals surface area contributed by atoms with Gasteiger partial charge in [-0.25, -0.2) is 4.79 Å². The summed E-state index contributed by atoms with van der Waals surface area (Å²) in [6.45, 7) is 1.42. The lowest BCUT2D eigenvalue weighted by molar-refractivity contribution is -0.141. The number of rotatable bonds is 6. The zero-order valence-electron chi connectivity index (χ0n) is 11.3. The van der Waals surface area contributed by atoms with Gasteiger partial charge in [-0.3, -0.25) is 4.79 Å². The van der Waals surface area contributed by atoms with Crippen molar-refractivity contribution >= 4 is 23.3 Å². The molecule has 0 fully saturated rings. The van der Waals surface area contributed by atoms with Crippen LogP contribution in [0.15, 0.2) is 24.3 Å². The third-order valence-electron chi connectivity index (χ3n) is 2.56. The molecule has 1 amide bonds. The van der Waals surface area contributed by atoms with Gasteiger partial charge in [0, 0.05) is 27.6 Å². The zero-order chi connectivity index (χ0) is 14.4. The molecule has 0 aromatic heterocycles. The molecule has 0 radical (unpaired) electrons. The average molecular weight is 265 g/mol. The molecule has 6 nitrogen and oxygen atoms in total. The first kappa shape index (κ1) is 14.8. The highest BCUT2D eigenvalue weighted by Crippen LogP contribution is 2.23. The first-order valence-electron chi connectivity index (χ1n) is 5.92. The van der Waals surface area contributed by atoms with Crippen molar-refractivity contribution in [2.24, 2.45) is 0 Å². The van der Waals surface area contributed by atoms with E-state index in [0.717, 1.165) is 11.4 Å². The van der Waals surface area contributed by atoms with Gasteiger partial charge >= 0.3 is 5.97 Å². The number of anilines is 2. The third-order valence-corrected chi connectivity index (χ3v) is 2.56. The lowest BCUT2D eigenvalue weighted by atomic mass is 10.2. The van der Waals surface area contributed by atoms with E-state index in [1.807, 2.05) is 43.3 Å². The van der Waals surface area contributed by atoms with Crippen LogP contribution in [0.4, 0.5) is 11.4 Å². The van der Waals surface area contributed by atoms with Crippen LogP contribution in [0.1, 0.15) is 6.92 Å².